The second kappa shape index (κ2) is 5.93. The standard InChI is InChI=1S/C18H14O2/c1-13(17(19)15-9-5-3-6-10-15)14(2)18(20)16-11-7-4-8-12-16/h3-12H,1-2H2. The normalized spacial score (nSPS) is 9.80. The molecule has 0 radical (unpaired) electrons. The van der Waals surface area contributed by atoms with Crippen LogP contribution < -0.4 is 0 Å². The van der Waals surface area contributed by atoms with Crippen LogP contribution in [-0.4, -0.2) is 11.6 Å². The number of carbonyl (C=O) groups is 2. The monoisotopic (exact) mass is 262 g/mol. The Kier molecular flexibility index (Phi) is 4.06. The minimum absolute atomic E-state index is 0.130. The van der Waals surface area contributed by atoms with Crippen molar-refractivity contribution in [3.8, 4) is 0 Å². The van der Waals surface area contributed by atoms with Crippen molar-refractivity contribution in [3.63, 3.8) is 0 Å². The molecule has 0 saturated carbocycles. The Morgan fingerprint density at radius 3 is 1.20 bits per heavy atom. The van der Waals surface area contributed by atoms with Gasteiger partial charge in [-0.1, -0.05) is 73.8 Å². The summed E-state index contributed by atoms with van der Waals surface area (Å²) in [4.78, 5) is 24.4. The third-order valence-corrected chi connectivity index (χ3v) is 2.98. The number of hydrogen-bond donors (Lipinski definition) is 0. The number of rotatable bonds is 5. The average molecular weight is 262 g/mol. The van der Waals surface area contributed by atoms with Crippen LogP contribution in [0.2, 0.25) is 0 Å². The zero-order valence-electron chi connectivity index (χ0n) is 11.0. The van der Waals surface area contributed by atoms with Crippen LogP contribution in [0.1, 0.15) is 20.7 Å². The lowest BCUT2D eigenvalue weighted by atomic mass is 9.93. The maximum Gasteiger partial charge on any atom is 0.193 e. The maximum absolute atomic E-state index is 12.2. The van der Waals surface area contributed by atoms with Crippen LogP contribution in [0.25, 0.3) is 0 Å². The van der Waals surface area contributed by atoms with Crippen LogP contribution in [-0.2, 0) is 0 Å². The molecule has 0 fully saturated rings. The molecule has 0 saturated heterocycles. The molecule has 20 heavy (non-hydrogen) atoms. The van der Waals surface area contributed by atoms with Gasteiger partial charge in [-0.2, -0.15) is 0 Å². The smallest absolute Gasteiger partial charge is 0.193 e. The fraction of sp³-hybridized carbons (Fsp3) is 0. The van der Waals surface area contributed by atoms with Gasteiger partial charge in [-0.3, -0.25) is 9.59 Å². The van der Waals surface area contributed by atoms with Crippen molar-refractivity contribution in [1.82, 2.24) is 0 Å². The summed E-state index contributed by atoms with van der Waals surface area (Å²) in [7, 11) is 0. The molecule has 0 aliphatic heterocycles. The molecule has 0 bridgehead atoms. The molecular weight excluding hydrogens is 248 g/mol. The summed E-state index contributed by atoms with van der Waals surface area (Å²) in [6, 6.07) is 17.5. The Bertz CT molecular complexity index is 606. The zero-order valence-corrected chi connectivity index (χ0v) is 11.0. The molecule has 0 heterocycles. The maximum atomic E-state index is 12.2. The number of allylic oxidation sites excluding steroid dienone is 2. The Hall–Kier alpha value is -2.74. The molecule has 0 amide bonds. The van der Waals surface area contributed by atoms with Gasteiger partial charge in [-0.15, -0.1) is 0 Å². The molecule has 98 valence electrons. The summed E-state index contributed by atoms with van der Waals surface area (Å²) in [6.45, 7) is 7.42. The highest BCUT2D eigenvalue weighted by molar-refractivity contribution is 6.22. The summed E-state index contributed by atoms with van der Waals surface area (Å²) in [5, 5.41) is 0. The fourth-order valence-corrected chi connectivity index (χ4v) is 1.80. The van der Waals surface area contributed by atoms with E-state index in [4.69, 9.17) is 0 Å². The van der Waals surface area contributed by atoms with Crippen LogP contribution in [0.5, 0.6) is 0 Å². The van der Waals surface area contributed by atoms with Gasteiger partial charge in [0.2, 0.25) is 0 Å². The van der Waals surface area contributed by atoms with Crippen LogP contribution in [0.15, 0.2) is 85.0 Å². The lowest BCUT2D eigenvalue weighted by Crippen LogP contribution is -2.11. The fourth-order valence-electron chi connectivity index (χ4n) is 1.80. The lowest BCUT2D eigenvalue weighted by Gasteiger charge is -2.07. The molecule has 0 aliphatic carbocycles. The van der Waals surface area contributed by atoms with Crippen LogP contribution in [0.3, 0.4) is 0 Å². The third kappa shape index (κ3) is 2.81. The van der Waals surface area contributed by atoms with Crippen molar-refractivity contribution < 1.29 is 9.59 Å². The molecule has 2 nitrogen and oxygen atoms in total. The van der Waals surface area contributed by atoms with Gasteiger partial charge in [0.05, 0.1) is 0 Å². The first-order chi connectivity index (χ1) is 9.61. The summed E-state index contributed by atoms with van der Waals surface area (Å²) < 4.78 is 0. The molecule has 0 N–H and O–H groups in total. The van der Waals surface area contributed by atoms with E-state index in [0.717, 1.165) is 0 Å². The average Bonchev–Trinajstić information content (AvgIpc) is 2.53. The summed E-state index contributed by atoms with van der Waals surface area (Å²) in [6.07, 6.45) is 0. The predicted octanol–water partition coefficient (Wildman–Crippen LogP) is 3.86. The summed E-state index contributed by atoms with van der Waals surface area (Å²) >= 11 is 0. The van der Waals surface area contributed by atoms with E-state index < -0.39 is 0 Å². The highest BCUT2D eigenvalue weighted by Crippen LogP contribution is 2.17. The number of carbonyl (C=O) groups excluding carboxylic acids is 2. The number of hydrogen-bond acceptors (Lipinski definition) is 2. The Balaban J connectivity index is 2.20. The second-order valence-electron chi connectivity index (χ2n) is 4.35. The SMILES string of the molecule is C=C(C(=C)C(=O)c1ccccc1)C(=O)c1ccccc1. The van der Waals surface area contributed by atoms with Crippen LogP contribution in [0.4, 0.5) is 0 Å². The van der Waals surface area contributed by atoms with Crippen molar-refractivity contribution in [2.75, 3.05) is 0 Å². The highest BCUT2D eigenvalue weighted by atomic mass is 16.1. The Morgan fingerprint density at radius 2 is 0.900 bits per heavy atom. The first-order valence-electron chi connectivity index (χ1n) is 6.19. The van der Waals surface area contributed by atoms with Crippen molar-refractivity contribution >= 4 is 11.6 Å². The minimum atomic E-state index is -0.278. The highest BCUT2D eigenvalue weighted by Gasteiger charge is 2.19. The molecule has 2 aromatic rings. The van der Waals surface area contributed by atoms with Crippen molar-refractivity contribution in [3.05, 3.63) is 96.1 Å². The number of benzene rings is 2. The summed E-state index contributed by atoms with van der Waals surface area (Å²) in [5.74, 6) is -0.556. The van der Waals surface area contributed by atoms with Crippen LogP contribution in [0, 0.1) is 0 Å². The van der Waals surface area contributed by atoms with E-state index in [-0.39, 0.29) is 22.7 Å². The molecule has 2 rings (SSSR count). The van der Waals surface area contributed by atoms with E-state index >= 15 is 0 Å². The molecule has 0 atom stereocenters. The first kappa shape index (κ1) is 13.7. The van der Waals surface area contributed by atoms with Crippen LogP contribution >= 0.6 is 0 Å². The molecule has 0 aromatic heterocycles. The predicted molar refractivity (Wildman–Crippen MR) is 79.8 cm³/mol. The van der Waals surface area contributed by atoms with Gasteiger partial charge in [0.15, 0.2) is 11.6 Å². The molecule has 0 spiro atoms. The van der Waals surface area contributed by atoms with Gasteiger partial charge >= 0.3 is 0 Å². The van der Waals surface area contributed by atoms with Gasteiger partial charge < -0.3 is 0 Å². The van der Waals surface area contributed by atoms with E-state index in [0.29, 0.717) is 11.1 Å². The topological polar surface area (TPSA) is 34.1 Å². The molecule has 2 aromatic carbocycles. The van der Waals surface area contributed by atoms with Crippen molar-refractivity contribution in [1.29, 1.82) is 0 Å². The van der Waals surface area contributed by atoms with Gasteiger partial charge in [0.1, 0.15) is 0 Å². The zero-order chi connectivity index (χ0) is 14.5. The second-order valence-corrected chi connectivity index (χ2v) is 4.35. The van der Waals surface area contributed by atoms with E-state index in [2.05, 4.69) is 13.2 Å². The Morgan fingerprint density at radius 1 is 0.600 bits per heavy atom. The van der Waals surface area contributed by atoms with Gasteiger partial charge in [-0.05, 0) is 0 Å². The largest absolute Gasteiger partial charge is 0.289 e. The van der Waals surface area contributed by atoms with Crippen molar-refractivity contribution in [2.45, 2.75) is 0 Å². The van der Waals surface area contributed by atoms with E-state index in [1.54, 1.807) is 48.5 Å². The molecule has 0 unspecified atom stereocenters. The Labute approximate surface area is 118 Å². The molecule has 2 heteroatoms. The van der Waals surface area contributed by atoms with E-state index in [9.17, 15) is 9.59 Å². The quantitative estimate of drug-likeness (QED) is 0.466. The molecular formula is C18H14O2. The van der Waals surface area contributed by atoms with E-state index in [1.165, 1.54) is 0 Å². The first-order valence-corrected chi connectivity index (χ1v) is 6.19. The third-order valence-electron chi connectivity index (χ3n) is 2.98. The van der Waals surface area contributed by atoms with Crippen molar-refractivity contribution in [2.24, 2.45) is 0 Å². The summed E-state index contributed by atoms with van der Waals surface area (Å²) in [5.41, 5.74) is 1.26. The molecule has 0 aliphatic rings. The van der Waals surface area contributed by atoms with E-state index in [1.807, 2.05) is 12.1 Å². The number of ketones is 2. The minimum Gasteiger partial charge on any atom is -0.289 e. The number of Topliss-reactive ketones (excluding diaryl/α,β-unsaturated/α-hetero) is 2. The lowest BCUT2D eigenvalue weighted by molar-refractivity contribution is 0.0998. The van der Waals surface area contributed by atoms with Gasteiger partial charge in [0, 0.05) is 22.3 Å². The van der Waals surface area contributed by atoms with Gasteiger partial charge in [0.25, 0.3) is 0 Å². The van der Waals surface area contributed by atoms with Gasteiger partial charge in [-0.25, -0.2) is 0 Å².